The van der Waals surface area contributed by atoms with Crippen molar-refractivity contribution in [2.75, 3.05) is 13.1 Å². The molecule has 128 valence electrons. The molecule has 6 heteroatoms. The third-order valence-electron chi connectivity index (χ3n) is 5.29. The molecular weight excluding hydrogens is 316 g/mol. The number of hydrogen-bond donors (Lipinski definition) is 1. The van der Waals surface area contributed by atoms with Gasteiger partial charge in [0.15, 0.2) is 0 Å². The van der Waals surface area contributed by atoms with Crippen LogP contribution in [-0.2, 0) is 4.79 Å². The first-order valence-corrected chi connectivity index (χ1v) is 8.59. The van der Waals surface area contributed by atoms with Gasteiger partial charge in [-0.05, 0) is 24.8 Å². The Bertz CT molecular complexity index is 771. The van der Waals surface area contributed by atoms with E-state index >= 15 is 0 Å². The van der Waals surface area contributed by atoms with E-state index in [4.69, 9.17) is 0 Å². The zero-order chi connectivity index (χ0) is 17.3. The van der Waals surface area contributed by atoms with Crippen molar-refractivity contribution in [2.45, 2.75) is 30.7 Å². The van der Waals surface area contributed by atoms with Crippen molar-refractivity contribution in [1.29, 1.82) is 0 Å². The topological polar surface area (TPSA) is 75.2 Å². The summed E-state index contributed by atoms with van der Waals surface area (Å²) < 4.78 is 0. The predicted octanol–water partition coefficient (Wildman–Crippen LogP) is 1.76. The summed E-state index contributed by atoms with van der Waals surface area (Å²) in [5.41, 5.74) is 1.24. The molecule has 1 aromatic carbocycles. The summed E-state index contributed by atoms with van der Waals surface area (Å²) in [5, 5.41) is 3.21. The molecule has 2 saturated heterocycles. The van der Waals surface area contributed by atoms with Gasteiger partial charge in [0.2, 0.25) is 5.91 Å². The number of carbonyl (C=O) groups is 2. The van der Waals surface area contributed by atoms with Gasteiger partial charge in [-0.25, -0.2) is 4.98 Å². The normalized spacial score (nSPS) is 22.0. The van der Waals surface area contributed by atoms with Gasteiger partial charge in [-0.1, -0.05) is 30.3 Å². The fourth-order valence-electron chi connectivity index (χ4n) is 3.88. The average molecular weight is 336 g/mol. The molecule has 1 N–H and O–H groups in total. The van der Waals surface area contributed by atoms with Crippen LogP contribution < -0.4 is 5.32 Å². The second-order valence-electron chi connectivity index (χ2n) is 6.82. The van der Waals surface area contributed by atoms with Gasteiger partial charge in [0, 0.05) is 31.0 Å². The largest absolute Gasteiger partial charge is 0.350 e. The lowest BCUT2D eigenvalue weighted by molar-refractivity contribution is -0.121. The molecule has 0 bridgehead atoms. The number of carbonyl (C=O) groups excluding carboxylic acids is 2. The van der Waals surface area contributed by atoms with Gasteiger partial charge < -0.3 is 10.2 Å². The molecule has 4 rings (SSSR count). The summed E-state index contributed by atoms with van der Waals surface area (Å²) in [6, 6.07) is 9.92. The first-order valence-electron chi connectivity index (χ1n) is 8.59. The zero-order valence-electron chi connectivity index (χ0n) is 13.9. The fourth-order valence-corrected chi connectivity index (χ4v) is 3.88. The second-order valence-corrected chi connectivity index (χ2v) is 6.82. The van der Waals surface area contributed by atoms with E-state index < -0.39 is 0 Å². The summed E-state index contributed by atoms with van der Waals surface area (Å²) in [6.45, 7) is 1.24. The number of piperidine rings is 1. The molecule has 2 amide bonds. The van der Waals surface area contributed by atoms with Crippen molar-refractivity contribution >= 4 is 11.8 Å². The molecule has 1 atom stereocenters. The molecular formula is C19H20N4O2. The Hall–Kier alpha value is -2.76. The van der Waals surface area contributed by atoms with Crippen molar-refractivity contribution in [3.63, 3.8) is 0 Å². The molecule has 1 spiro atoms. The minimum atomic E-state index is -0.198. The second kappa shape index (κ2) is 6.27. The van der Waals surface area contributed by atoms with Gasteiger partial charge in [-0.15, -0.1) is 0 Å². The highest BCUT2D eigenvalue weighted by atomic mass is 16.2. The number of nitrogens with zero attached hydrogens (tertiary/aromatic N) is 3. The summed E-state index contributed by atoms with van der Waals surface area (Å²) in [4.78, 5) is 34.8. The van der Waals surface area contributed by atoms with Gasteiger partial charge in [-0.2, -0.15) is 0 Å². The van der Waals surface area contributed by atoms with Crippen LogP contribution in [0.4, 0.5) is 0 Å². The molecule has 1 unspecified atom stereocenters. The van der Waals surface area contributed by atoms with Crippen LogP contribution in [0.5, 0.6) is 0 Å². The monoisotopic (exact) mass is 336 g/mol. The van der Waals surface area contributed by atoms with E-state index in [2.05, 4.69) is 15.3 Å². The number of rotatable bonds is 2. The van der Waals surface area contributed by atoms with Crippen molar-refractivity contribution in [1.82, 2.24) is 20.2 Å². The molecule has 6 nitrogen and oxygen atoms in total. The first-order chi connectivity index (χ1) is 12.2. The minimum Gasteiger partial charge on any atom is -0.350 e. The summed E-state index contributed by atoms with van der Waals surface area (Å²) in [5.74, 6) is -0.0878. The van der Waals surface area contributed by atoms with E-state index in [0.717, 1.165) is 24.8 Å². The average Bonchev–Trinajstić information content (AvgIpc) is 2.99. The number of hydrogen-bond acceptors (Lipinski definition) is 4. The minimum absolute atomic E-state index is 0.0908. The Morgan fingerprint density at radius 1 is 1.16 bits per heavy atom. The molecule has 2 aliphatic rings. The highest BCUT2D eigenvalue weighted by molar-refractivity contribution is 5.92. The SMILES string of the molecule is O=C1NC2(CCN(C(=O)c3cnccn3)CC2)CC1c1ccccc1. The van der Waals surface area contributed by atoms with E-state index in [9.17, 15) is 9.59 Å². The van der Waals surface area contributed by atoms with Crippen LogP contribution in [0.15, 0.2) is 48.9 Å². The van der Waals surface area contributed by atoms with Crippen LogP contribution in [0.2, 0.25) is 0 Å². The molecule has 2 fully saturated rings. The van der Waals surface area contributed by atoms with Crippen LogP contribution in [0.1, 0.15) is 41.2 Å². The Labute approximate surface area is 146 Å². The van der Waals surface area contributed by atoms with Gasteiger partial charge in [0.05, 0.1) is 12.1 Å². The van der Waals surface area contributed by atoms with Crippen LogP contribution in [0.3, 0.4) is 0 Å². The highest BCUT2D eigenvalue weighted by Gasteiger charge is 2.46. The van der Waals surface area contributed by atoms with Crippen molar-refractivity contribution in [3.8, 4) is 0 Å². The predicted molar refractivity (Wildman–Crippen MR) is 91.8 cm³/mol. The Balaban J connectivity index is 1.43. The van der Waals surface area contributed by atoms with Gasteiger partial charge >= 0.3 is 0 Å². The van der Waals surface area contributed by atoms with Gasteiger partial charge in [0.25, 0.3) is 5.91 Å². The van der Waals surface area contributed by atoms with Crippen LogP contribution in [0.25, 0.3) is 0 Å². The van der Waals surface area contributed by atoms with Crippen LogP contribution in [-0.4, -0.2) is 45.3 Å². The number of amides is 2. The maximum Gasteiger partial charge on any atom is 0.274 e. The van der Waals surface area contributed by atoms with Crippen LogP contribution in [0, 0.1) is 0 Å². The lowest BCUT2D eigenvalue weighted by Gasteiger charge is -2.39. The molecule has 0 radical (unpaired) electrons. The van der Waals surface area contributed by atoms with E-state index in [0.29, 0.717) is 18.8 Å². The lowest BCUT2D eigenvalue weighted by atomic mass is 9.82. The molecule has 3 heterocycles. The lowest BCUT2D eigenvalue weighted by Crippen LogP contribution is -2.52. The van der Waals surface area contributed by atoms with E-state index in [1.807, 2.05) is 30.3 Å². The third kappa shape index (κ3) is 2.99. The first kappa shape index (κ1) is 15.7. The molecule has 2 aromatic rings. The summed E-state index contributed by atoms with van der Waals surface area (Å²) >= 11 is 0. The zero-order valence-corrected chi connectivity index (χ0v) is 13.9. The van der Waals surface area contributed by atoms with E-state index in [1.165, 1.54) is 12.4 Å². The summed E-state index contributed by atoms with van der Waals surface area (Å²) in [6.07, 6.45) is 6.92. The van der Waals surface area contributed by atoms with E-state index in [1.54, 1.807) is 11.1 Å². The maximum absolute atomic E-state index is 12.5. The number of likely N-dealkylation sites (tertiary alicyclic amines) is 1. The van der Waals surface area contributed by atoms with Crippen molar-refractivity contribution in [2.24, 2.45) is 0 Å². The number of benzene rings is 1. The standard InChI is InChI=1S/C19H20N4O2/c24-17-15(14-4-2-1-3-5-14)12-19(22-17)6-10-23(11-7-19)18(25)16-13-20-8-9-21-16/h1-5,8-9,13,15H,6-7,10-12H2,(H,22,24). The highest BCUT2D eigenvalue weighted by Crippen LogP contribution is 2.39. The van der Waals surface area contributed by atoms with Gasteiger partial charge in [-0.3, -0.25) is 14.6 Å². The molecule has 2 aliphatic heterocycles. The smallest absolute Gasteiger partial charge is 0.274 e. The molecule has 0 aliphatic carbocycles. The fraction of sp³-hybridized carbons (Fsp3) is 0.368. The maximum atomic E-state index is 12.5. The Morgan fingerprint density at radius 3 is 2.60 bits per heavy atom. The van der Waals surface area contributed by atoms with Crippen molar-refractivity contribution in [3.05, 3.63) is 60.2 Å². The quantitative estimate of drug-likeness (QED) is 0.907. The Morgan fingerprint density at radius 2 is 1.92 bits per heavy atom. The third-order valence-corrected chi connectivity index (χ3v) is 5.29. The number of nitrogens with one attached hydrogen (secondary N) is 1. The molecule has 0 saturated carbocycles. The van der Waals surface area contributed by atoms with Crippen molar-refractivity contribution < 1.29 is 9.59 Å². The summed E-state index contributed by atoms with van der Waals surface area (Å²) in [7, 11) is 0. The Kier molecular flexibility index (Phi) is 3.95. The van der Waals surface area contributed by atoms with Gasteiger partial charge in [0.1, 0.15) is 5.69 Å². The van der Waals surface area contributed by atoms with E-state index in [-0.39, 0.29) is 23.3 Å². The number of aromatic nitrogens is 2. The molecule has 1 aromatic heterocycles. The van der Waals surface area contributed by atoms with Crippen LogP contribution >= 0.6 is 0 Å². The molecule has 25 heavy (non-hydrogen) atoms.